The van der Waals surface area contributed by atoms with E-state index in [1.54, 1.807) is 0 Å². The molecule has 0 saturated carbocycles. The van der Waals surface area contributed by atoms with E-state index in [4.69, 9.17) is 8.85 Å². The molecule has 174 valence electrons. The Morgan fingerprint density at radius 1 is 0.897 bits per heavy atom. The van der Waals surface area contributed by atoms with Crippen molar-refractivity contribution in [1.29, 1.82) is 0 Å². The van der Waals surface area contributed by atoms with Gasteiger partial charge in [-0.05, 0) is 63.5 Å². The van der Waals surface area contributed by atoms with Crippen LogP contribution in [0.1, 0.15) is 68.7 Å². The first-order chi connectivity index (χ1) is 12.6. The van der Waals surface area contributed by atoms with Crippen LogP contribution >= 0.6 is 0 Å². The molecule has 0 aliphatic carbocycles. The molecule has 0 aromatic carbocycles. The van der Waals surface area contributed by atoms with Crippen molar-refractivity contribution in [1.82, 2.24) is 4.72 Å². The predicted octanol–water partition coefficient (Wildman–Crippen LogP) is 6.40. The normalized spacial score (nSPS) is 16.6. The Kier molecular flexibility index (Phi) is 10.3. The van der Waals surface area contributed by atoms with E-state index in [0.29, 0.717) is 13.2 Å². The Labute approximate surface area is 186 Å². The van der Waals surface area contributed by atoms with Crippen LogP contribution in [0, 0.1) is 0 Å². The van der Waals surface area contributed by atoms with Crippen molar-refractivity contribution in [3.05, 3.63) is 12.2 Å². The molecule has 29 heavy (non-hydrogen) atoms. The van der Waals surface area contributed by atoms with Crippen LogP contribution in [0.2, 0.25) is 36.3 Å². The Morgan fingerprint density at radius 3 is 1.69 bits per heavy atom. The molecule has 0 heterocycles. The molecule has 7 heteroatoms. The van der Waals surface area contributed by atoms with E-state index in [2.05, 4.69) is 79.0 Å². The van der Waals surface area contributed by atoms with Crippen LogP contribution in [0.5, 0.6) is 0 Å². The van der Waals surface area contributed by atoms with E-state index < -0.39 is 27.6 Å². The second kappa shape index (κ2) is 10.2. The van der Waals surface area contributed by atoms with E-state index in [1.165, 1.54) is 0 Å². The lowest BCUT2D eigenvalue weighted by molar-refractivity contribution is 0.257. The van der Waals surface area contributed by atoms with Crippen molar-refractivity contribution in [3.63, 3.8) is 0 Å². The molecule has 0 aromatic heterocycles. The highest BCUT2D eigenvalue weighted by Crippen LogP contribution is 2.38. The average molecular weight is 464 g/mol. The molecule has 0 rings (SSSR count). The summed E-state index contributed by atoms with van der Waals surface area (Å²) in [7, 11) is -4.87. The zero-order valence-electron chi connectivity index (χ0n) is 21.5. The highest BCUT2D eigenvalue weighted by atomic mass is 32.2. The molecule has 1 unspecified atom stereocenters. The van der Waals surface area contributed by atoms with Crippen molar-refractivity contribution >= 4 is 27.6 Å². The number of hydrogen-bond acceptors (Lipinski definition) is 3. The summed E-state index contributed by atoms with van der Waals surface area (Å²) in [6.07, 6.45) is 0.742. The molecule has 0 aliphatic rings. The maximum atomic E-state index is 12.8. The van der Waals surface area contributed by atoms with Gasteiger partial charge in [0.2, 0.25) is 0 Å². The maximum Gasteiger partial charge on any atom is 0.192 e. The topological polar surface area (TPSA) is 47.6 Å². The molecule has 0 fully saturated rings. The van der Waals surface area contributed by atoms with Crippen LogP contribution in [0.15, 0.2) is 12.2 Å². The first kappa shape index (κ1) is 29.2. The van der Waals surface area contributed by atoms with Gasteiger partial charge in [-0.3, -0.25) is 0 Å². The fraction of sp³-hybridized carbons (Fsp3) is 0.909. The predicted molar refractivity (Wildman–Crippen MR) is 135 cm³/mol. The van der Waals surface area contributed by atoms with Gasteiger partial charge in [-0.2, -0.15) is 0 Å². The summed E-state index contributed by atoms with van der Waals surface area (Å²) < 4.78 is 28.5. The minimum Gasteiger partial charge on any atom is -0.417 e. The van der Waals surface area contributed by atoms with Crippen molar-refractivity contribution in [2.24, 2.45) is 0 Å². The Morgan fingerprint density at radius 2 is 1.31 bits per heavy atom. The summed E-state index contributed by atoms with van der Waals surface area (Å²) in [5.41, 5.74) is 1.00. The van der Waals surface area contributed by atoms with E-state index in [-0.39, 0.29) is 20.9 Å². The van der Waals surface area contributed by atoms with E-state index in [1.807, 2.05) is 20.8 Å². The van der Waals surface area contributed by atoms with Gasteiger partial charge in [0.05, 0.1) is 28.4 Å². The van der Waals surface area contributed by atoms with Crippen LogP contribution < -0.4 is 4.72 Å². The molecule has 1 N–H and O–H groups in total. The molecule has 0 amide bonds. The largest absolute Gasteiger partial charge is 0.417 e. The molecule has 0 aromatic rings. The van der Waals surface area contributed by atoms with Gasteiger partial charge in [0.25, 0.3) is 0 Å². The SMILES string of the molecule is C=C(CCO[Si](C)(C)C(C)(C)C)[C@@H](CO[Si](C)(C)C(C)(C)C)NS(=O)C(C)(C)C. The maximum absolute atomic E-state index is 12.8. The number of nitrogens with one attached hydrogen (secondary N) is 1. The van der Waals surface area contributed by atoms with E-state index in [0.717, 1.165) is 12.0 Å². The van der Waals surface area contributed by atoms with Crippen molar-refractivity contribution in [3.8, 4) is 0 Å². The molecule has 0 saturated heterocycles. The van der Waals surface area contributed by atoms with Crippen LogP contribution in [-0.2, 0) is 19.8 Å². The van der Waals surface area contributed by atoms with Gasteiger partial charge < -0.3 is 8.85 Å². The average Bonchev–Trinajstić information content (AvgIpc) is 2.47. The molecular formula is C22H49NO3SSi2. The standard InChI is InChI=1S/C22H49NO3SSi2/c1-18(15-16-25-28(11,12)21(5,6)7)19(23-27(24)20(2,3)4)17-26-29(13,14)22(8,9)10/h19,23H,1,15-17H2,2-14H3/t19-,27?/m1/s1. The summed E-state index contributed by atoms with van der Waals surface area (Å²) >= 11 is 0. The Hall–Kier alpha value is 0.204. The van der Waals surface area contributed by atoms with Crippen molar-refractivity contribution < 1.29 is 13.1 Å². The van der Waals surface area contributed by atoms with Gasteiger partial charge in [-0.15, -0.1) is 0 Å². The highest BCUT2D eigenvalue weighted by Gasteiger charge is 2.39. The second-order valence-corrected chi connectivity index (χ2v) is 23.8. The first-order valence-electron chi connectivity index (χ1n) is 10.8. The lowest BCUT2D eigenvalue weighted by Gasteiger charge is -2.38. The van der Waals surface area contributed by atoms with Gasteiger partial charge >= 0.3 is 0 Å². The zero-order chi connectivity index (χ0) is 23.5. The van der Waals surface area contributed by atoms with Gasteiger partial charge in [0, 0.05) is 6.61 Å². The van der Waals surface area contributed by atoms with E-state index >= 15 is 0 Å². The summed E-state index contributed by atoms with van der Waals surface area (Å²) in [4.78, 5) is 0. The minimum absolute atomic E-state index is 0.132. The summed E-state index contributed by atoms with van der Waals surface area (Å²) in [6, 6.07) is -0.146. The smallest absolute Gasteiger partial charge is 0.192 e. The van der Waals surface area contributed by atoms with Crippen LogP contribution in [0.25, 0.3) is 0 Å². The number of hydrogen-bond donors (Lipinski definition) is 1. The number of rotatable bonds is 10. The van der Waals surface area contributed by atoms with Crippen LogP contribution in [0.3, 0.4) is 0 Å². The lowest BCUT2D eigenvalue weighted by Crippen LogP contribution is -2.48. The van der Waals surface area contributed by atoms with Gasteiger partial charge in [-0.1, -0.05) is 53.7 Å². The molecule has 2 atom stereocenters. The third kappa shape index (κ3) is 9.48. The van der Waals surface area contributed by atoms with Gasteiger partial charge in [0.15, 0.2) is 16.6 Å². The van der Waals surface area contributed by atoms with Crippen molar-refractivity contribution in [2.45, 2.75) is 116 Å². The van der Waals surface area contributed by atoms with Gasteiger partial charge in [-0.25, -0.2) is 8.93 Å². The second-order valence-electron chi connectivity index (χ2n) is 12.1. The third-order valence-corrected chi connectivity index (χ3v) is 17.1. The summed E-state index contributed by atoms with van der Waals surface area (Å²) in [5, 5.41) is 0.318. The molecular weight excluding hydrogens is 414 g/mol. The van der Waals surface area contributed by atoms with E-state index in [9.17, 15) is 4.21 Å². The van der Waals surface area contributed by atoms with Crippen LogP contribution in [0.4, 0.5) is 0 Å². The lowest BCUT2D eigenvalue weighted by atomic mass is 10.1. The molecule has 0 spiro atoms. The molecule has 0 bridgehead atoms. The quantitative estimate of drug-likeness (QED) is 0.301. The highest BCUT2D eigenvalue weighted by molar-refractivity contribution is 7.84. The minimum atomic E-state index is -1.90. The zero-order valence-corrected chi connectivity index (χ0v) is 24.4. The Bertz CT molecular complexity index is 570. The molecule has 0 aliphatic heterocycles. The Balaban J connectivity index is 5.19. The van der Waals surface area contributed by atoms with Crippen LogP contribution in [-0.4, -0.2) is 44.8 Å². The fourth-order valence-corrected chi connectivity index (χ4v) is 4.79. The summed E-state index contributed by atoms with van der Waals surface area (Å²) in [5.74, 6) is 0. The first-order valence-corrected chi connectivity index (χ1v) is 17.7. The van der Waals surface area contributed by atoms with Gasteiger partial charge in [0.1, 0.15) is 0 Å². The summed E-state index contributed by atoms with van der Waals surface area (Å²) in [6.45, 7) is 33.8. The fourth-order valence-electron chi connectivity index (χ4n) is 1.88. The third-order valence-electron chi connectivity index (χ3n) is 6.41. The monoisotopic (exact) mass is 463 g/mol. The van der Waals surface area contributed by atoms with Crippen molar-refractivity contribution in [2.75, 3.05) is 13.2 Å². The molecule has 0 radical (unpaired) electrons. The molecule has 4 nitrogen and oxygen atoms in total.